The number of nitrogens with one attached hydrogen (secondary N) is 2. The van der Waals surface area contributed by atoms with Gasteiger partial charge in [0.2, 0.25) is 10.0 Å². The molecule has 0 radical (unpaired) electrons. The van der Waals surface area contributed by atoms with Gasteiger partial charge in [-0.15, -0.1) is 0 Å². The van der Waals surface area contributed by atoms with Gasteiger partial charge in [-0.2, -0.15) is 0 Å². The van der Waals surface area contributed by atoms with Crippen LogP contribution in [0.5, 0.6) is 0 Å². The van der Waals surface area contributed by atoms with E-state index in [1.807, 2.05) is 12.1 Å². The Labute approximate surface area is 114 Å². The van der Waals surface area contributed by atoms with Crippen LogP contribution in [0.15, 0.2) is 24.5 Å². The van der Waals surface area contributed by atoms with Crippen LogP contribution in [0.1, 0.15) is 18.4 Å². The molecule has 1 fully saturated rings. The second-order valence-electron chi connectivity index (χ2n) is 4.97. The molecule has 0 spiro atoms. The van der Waals surface area contributed by atoms with Crippen molar-refractivity contribution in [2.45, 2.75) is 19.3 Å². The number of hydrogen-bond acceptors (Lipinski definition) is 4. The van der Waals surface area contributed by atoms with Crippen LogP contribution in [0.4, 0.5) is 0 Å². The molecule has 0 amide bonds. The van der Waals surface area contributed by atoms with Crippen LogP contribution in [0, 0.1) is 5.92 Å². The number of rotatable bonds is 6. The normalized spacial score (nSPS) is 17.5. The van der Waals surface area contributed by atoms with E-state index in [1.165, 1.54) is 0 Å². The molecule has 19 heavy (non-hydrogen) atoms. The third-order valence-electron chi connectivity index (χ3n) is 3.46. The summed E-state index contributed by atoms with van der Waals surface area (Å²) in [7, 11) is -3.17. The Morgan fingerprint density at radius 3 is 2.63 bits per heavy atom. The highest BCUT2D eigenvalue weighted by atomic mass is 32.2. The third-order valence-corrected chi connectivity index (χ3v) is 4.81. The standard InChI is InChI=1S/C13H21N3O2S/c17-19(18,10-5-12-1-6-14-7-2-12)16-11-13-3-8-15-9-4-13/h1-2,6-7,13,15-16H,3-5,8-11H2. The first-order valence-corrected chi connectivity index (χ1v) is 8.38. The molecular formula is C13H21N3O2S. The van der Waals surface area contributed by atoms with E-state index in [0.717, 1.165) is 31.5 Å². The van der Waals surface area contributed by atoms with Gasteiger partial charge in [0.25, 0.3) is 0 Å². The lowest BCUT2D eigenvalue weighted by atomic mass is 9.99. The van der Waals surface area contributed by atoms with Gasteiger partial charge < -0.3 is 5.32 Å². The van der Waals surface area contributed by atoms with E-state index in [2.05, 4.69) is 15.0 Å². The highest BCUT2D eigenvalue weighted by Crippen LogP contribution is 2.10. The molecule has 5 nitrogen and oxygen atoms in total. The Hall–Kier alpha value is -0.980. The van der Waals surface area contributed by atoms with E-state index in [0.29, 0.717) is 18.9 Å². The van der Waals surface area contributed by atoms with Crippen LogP contribution in [-0.2, 0) is 16.4 Å². The molecule has 0 aliphatic carbocycles. The minimum atomic E-state index is -3.17. The summed E-state index contributed by atoms with van der Waals surface area (Å²) in [5.41, 5.74) is 1.00. The van der Waals surface area contributed by atoms with Gasteiger partial charge >= 0.3 is 0 Å². The number of nitrogens with zero attached hydrogens (tertiary/aromatic N) is 1. The maximum atomic E-state index is 11.9. The van der Waals surface area contributed by atoms with E-state index in [4.69, 9.17) is 0 Å². The van der Waals surface area contributed by atoms with Crippen molar-refractivity contribution >= 4 is 10.0 Å². The van der Waals surface area contributed by atoms with Gasteiger partial charge in [0.15, 0.2) is 0 Å². The maximum absolute atomic E-state index is 11.9. The summed E-state index contributed by atoms with van der Waals surface area (Å²) >= 11 is 0. The lowest BCUT2D eigenvalue weighted by Crippen LogP contribution is -2.37. The number of hydrogen-bond donors (Lipinski definition) is 2. The highest BCUT2D eigenvalue weighted by Gasteiger charge is 2.16. The van der Waals surface area contributed by atoms with Gasteiger partial charge in [-0.1, -0.05) is 0 Å². The number of pyridine rings is 1. The first-order valence-electron chi connectivity index (χ1n) is 6.73. The van der Waals surface area contributed by atoms with Crippen LogP contribution >= 0.6 is 0 Å². The van der Waals surface area contributed by atoms with Crippen LogP contribution in [0.2, 0.25) is 0 Å². The minimum absolute atomic E-state index is 0.141. The van der Waals surface area contributed by atoms with Crippen LogP contribution in [-0.4, -0.2) is 38.8 Å². The van der Waals surface area contributed by atoms with Crippen molar-refractivity contribution in [2.24, 2.45) is 5.92 Å². The van der Waals surface area contributed by atoms with Crippen LogP contribution in [0.25, 0.3) is 0 Å². The molecular weight excluding hydrogens is 262 g/mol. The number of piperidine rings is 1. The molecule has 2 heterocycles. The van der Waals surface area contributed by atoms with Gasteiger partial charge in [-0.25, -0.2) is 13.1 Å². The summed E-state index contributed by atoms with van der Waals surface area (Å²) in [6.07, 6.45) is 6.00. The van der Waals surface area contributed by atoms with E-state index < -0.39 is 10.0 Å². The minimum Gasteiger partial charge on any atom is -0.317 e. The smallest absolute Gasteiger partial charge is 0.211 e. The summed E-state index contributed by atoms with van der Waals surface area (Å²) in [5.74, 6) is 0.610. The first kappa shape index (κ1) is 14.4. The van der Waals surface area contributed by atoms with Gasteiger partial charge in [0.1, 0.15) is 0 Å². The second-order valence-corrected chi connectivity index (χ2v) is 6.89. The predicted molar refractivity (Wildman–Crippen MR) is 75.3 cm³/mol. The van der Waals surface area contributed by atoms with Gasteiger partial charge in [0, 0.05) is 18.9 Å². The zero-order valence-corrected chi connectivity index (χ0v) is 11.8. The van der Waals surface area contributed by atoms with Crippen LogP contribution in [0.3, 0.4) is 0 Å². The molecule has 1 aromatic heterocycles. The Morgan fingerprint density at radius 2 is 1.95 bits per heavy atom. The second kappa shape index (κ2) is 6.98. The van der Waals surface area contributed by atoms with Crippen molar-refractivity contribution in [3.8, 4) is 0 Å². The Kier molecular flexibility index (Phi) is 5.30. The van der Waals surface area contributed by atoms with E-state index in [1.54, 1.807) is 12.4 Å². The Bertz CT molecular complexity index is 470. The largest absolute Gasteiger partial charge is 0.317 e. The summed E-state index contributed by atoms with van der Waals surface area (Å²) in [6, 6.07) is 3.70. The molecule has 0 saturated carbocycles. The van der Waals surface area contributed by atoms with E-state index in [9.17, 15) is 8.42 Å². The van der Waals surface area contributed by atoms with Crippen molar-refractivity contribution in [3.63, 3.8) is 0 Å². The number of aryl methyl sites for hydroxylation is 1. The topological polar surface area (TPSA) is 71.1 Å². The molecule has 2 rings (SSSR count). The zero-order chi connectivity index (χ0) is 13.6. The quantitative estimate of drug-likeness (QED) is 0.799. The molecule has 2 N–H and O–H groups in total. The monoisotopic (exact) mass is 283 g/mol. The third kappa shape index (κ3) is 5.26. The molecule has 0 atom stereocenters. The lowest BCUT2D eigenvalue weighted by Gasteiger charge is -2.22. The number of sulfonamides is 1. The van der Waals surface area contributed by atoms with E-state index in [-0.39, 0.29) is 5.75 Å². The van der Waals surface area contributed by atoms with Gasteiger partial charge in [0.05, 0.1) is 5.75 Å². The Morgan fingerprint density at radius 1 is 1.26 bits per heavy atom. The average molecular weight is 283 g/mol. The van der Waals surface area contributed by atoms with Crippen molar-refractivity contribution in [1.82, 2.24) is 15.0 Å². The molecule has 1 saturated heterocycles. The molecule has 1 aliphatic rings. The zero-order valence-electron chi connectivity index (χ0n) is 11.0. The summed E-state index contributed by atoms with van der Waals surface area (Å²) in [4.78, 5) is 3.92. The molecule has 0 unspecified atom stereocenters. The van der Waals surface area contributed by atoms with Crippen LogP contribution < -0.4 is 10.0 Å². The summed E-state index contributed by atoms with van der Waals surface area (Å²) in [6.45, 7) is 2.55. The van der Waals surface area contributed by atoms with Crippen molar-refractivity contribution in [1.29, 1.82) is 0 Å². The lowest BCUT2D eigenvalue weighted by molar-refractivity contribution is 0.372. The fraction of sp³-hybridized carbons (Fsp3) is 0.615. The van der Waals surface area contributed by atoms with Crippen molar-refractivity contribution < 1.29 is 8.42 Å². The highest BCUT2D eigenvalue weighted by molar-refractivity contribution is 7.89. The molecule has 1 aromatic rings. The summed E-state index contributed by atoms with van der Waals surface area (Å²) in [5, 5.41) is 3.28. The van der Waals surface area contributed by atoms with Gasteiger partial charge in [-0.05, 0) is 56.0 Å². The molecule has 0 aromatic carbocycles. The fourth-order valence-electron chi connectivity index (χ4n) is 2.20. The molecule has 6 heteroatoms. The molecule has 1 aliphatic heterocycles. The Balaban J connectivity index is 1.75. The molecule has 0 bridgehead atoms. The predicted octanol–water partition coefficient (Wildman–Crippen LogP) is 0.543. The van der Waals surface area contributed by atoms with Crippen molar-refractivity contribution in [3.05, 3.63) is 30.1 Å². The maximum Gasteiger partial charge on any atom is 0.211 e. The van der Waals surface area contributed by atoms with E-state index >= 15 is 0 Å². The average Bonchev–Trinajstić information content (AvgIpc) is 2.46. The number of aromatic nitrogens is 1. The van der Waals surface area contributed by atoms with Gasteiger partial charge in [-0.3, -0.25) is 4.98 Å². The van der Waals surface area contributed by atoms with Crippen molar-refractivity contribution in [2.75, 3.05) is 25.4 Å². The molecule has 106 valence electrons. The SMILES string of the molecule is O=S(=O)(CCc1ccncc1)NCC1CCNCC1. The summed E-state index contributed by atoms with van der Waals surface area (Å²) < 4.78 is 26.5. The first-order chi connectivity index (χ1) is 9.16. The fourth-order valence-corrected chi connectivity index (χ4v) is 3.34.